The Labute approximate surface area is 146 Å². The van der Waals surface area contributed by atoms with Crippen LogP contribution in [0.2, 0.25) is 0 Å². The van der Waals surface area contributed by atoms with Crippen LogP contribution in [0.4, 0.5) is 0 Å². The highest BCUT2D eigenvalue weighted by Gasteiger charge is 2.23. The van der Waals surface area contributed by atoms with Crippen molar-refractivity contribution in [1.29, 1.82) is 0 Å². The summed E-state index contributed by atoms with van der Waals surface area (Å²) in [4.78, 5) is 23.6. The maximum Gasteiger partial charge on any atom is 0.232 e. The molecule has 1 aromatic carbocycles. The van der Waals surface area contributed by atoms with Crippen LogP contribution in [0.25, 0.3) is 0 Å². The van der Waals surface area contributed by atoms with Gasteiger partial charge in [-0.2, -0.15) is 0 Å². The Bertz CT molecular complexity index is 631. The summed E-state index contributed by atoms with van der Waals surface area (Å²) in [6.45, 7) is 1.50. The van der Waals surface area contributed by atoms with Crippen molar-refractivity contribution in [2.24, 2.45) is 0 Å². The molecule has 24 heavy (non-hydrogen) atoms. The molecule has 1 fully saturated rings. The smallest absolute Gasteiger partial charge is 0.232 e. The van der Waals surface area contributed by atoms with Gasteiger partial charge in [0.25, 0.3) is 0 Å². The van der Waals surface area contributed by atoms with E-state index in [1.165, 1.54) is 4.90 Å². The van der Waals surface area contributed by atoms with Crippen molar-refractivity contribution in [2.75, 3.05) is 18.8 Å². The summed E-state index contributed by atoms with van der Waals surface area (Å²) in [7, 11) is 0. The average molecular weight is 343 g/mol. The van der Waals surface area contributed by atoms with E-state index in [4.69, 9.17) is 4.74 Å². The second-order valence-electron chi connectivity index (χ2n) is 5.65. The van der Waals surface area contributed by atoms with Gasteiger partial charge in [-0.3, -0.25) is 9.78 Å². The van der Waals surface area contributed by atoms with Gasteiger partial charge in [0, 0.05) is 55.4 Å². The zero-order valence-electron chi connectivity index (χ0n) is 13.5. The van der Waals surface area contributed by atoms with Crippen molar-refractivity contribution in [2.45, 2.75) is 30.3 Å². The SMILES string of the molecule is O=C(CCSc1ccccc1)N1CCC(Oc2cnccn2)CC1. The van der Waals surface area contributed by atoms with Gasteiger partial charge >= 0.3 is 0 Å². The fourth-order valence-corrected chi connectivity index (χ4v) is 3.53. The number of nitrogens with zero attached hydrogens (tertiary/aromatic N) is 3. The summed E-state index contributed by atoms with van der Waals surface area (Å²) >= 11 is 1.73. The molecule has 126 valence electrons. The van der Waals surface area contributed by atoms with Gasteiger partial charge in [0.1, 0.15) is 6.10 Å². The molecule has 3 rings (SSSR count). The predicted molar refractivity (Wildman–Crippen MR) is 94.0 cm³/mol. The molecular formula is C18H21N3O2S. The maximum atomic E-state index is 12.3. The van der Waals surface area contributed by atoms with Crippen LogP contribution < -0.4 is 4.74 Å². The number of hydrogen-bond acceptors (Lipinski definition) is 5. The van der Waals surface area contributed by atoms with Gasteiger partial charge in [0.2, 0.25) is 11.8 Å². The number of carbonyl (C=O) groups is 1. The third-order valence-electron chi connectivity index (χ3n) is 3.95. The van der Waals surface area contributed by atoms with Crippen molar-refractivity contribution in [1.82, 2.24) is 14.9 Å². The highest BCUT2D eigenvalue weighted by molar-refractivity contribution is 7.99. The zero-order chi connectivity index (χ0) is 16.6. The van der Waals surface area contributed by atoms with E-state index in [-0.39, 0.29) is 12.0 Å². The Morgan fingerprint density at radius 2 is 2.00 bits per heavy atom. The van der Waals surface area contributed by atoms with Crippen molar-refractivity contribution in [3.8, 4) is 5.88 Å². The number of carbonyl (C=O) groups excluding carboxylic acids is 1. The molecule has 1 aliphatic rings. The van der Waals surface area contributed by atoms with Gasteiger partial charge in [0.15, 0.2) is 0 Å². The molecule has 0 aliphatic carbocycles. The third kappa shape index (κ3) is 4.96. The Balaban J connectivity index is 1.37. The second-order valence-corrected chi connectivity index (χ2v) is 6.82. The molecule has 0 atom stereocenters. The molecule has 1 aliphatic heterocycles. The van der Waals surface area contributed by atoms with E-state index in [2.05, 4.69) is 22.1 Å². The number of thioether (sulfide) groups is 1. The van der Waals surface area contributed by atoms with E-state index in [1.54, 1.807) is 30.4 Å². The molecule has 2 aromatic rings. The normalized spacial score (nSPS) is 15.2. The fraction of sp³-hybridized carbons (Fsp3) is 0.389. The first-order valence-electron chi connectivity index (χ1n) is 8.19. The summed E-state index contributed by atoms with van der Waals surface area (Å²) in [5.74, 6) is 1.61. The number of amides is 1. The Hall–Kier alpha value is -2.08. The summed E-state index contributed by atoms with van der Waals surface area (Å²) in [6, 6.07) is 10.2. The zero-order valence-corrected chi connectivity index (χ0v) is 14.3. The number of likely N-dealkylation sites (tertiary alicyclic amines) is 1. The molecule has 1 saturated heterocycles. The monoisotopic (exact) mass is 343 g/mol. The van der Waals surface area contributed by atoms with Crippen LogP contribution in [-0.2, 0) is 4.79 Å². The van der Waals surface area contributed by atoms with Gasteiger partial charge in [-0.05, 0) is 12.1 Å². The van der Waals surface area contributed by atoms with E-state index >= 15 is 0 Å². The molecule has 0 N–H and O–H groups in total. The number of rotatable bonds is 6. The van der Waals surface area contributed by atoms with Crippen LogP contribution in [-0.4, -0.2) is 45.7 Å². The lowest BCUT2D eigenvalue weighted by Gasteiger charge is -2.31. The van der Waals surface area contributed by atoms with E-state index in [0.29, 0.717) is 12.3 Å². The van der Waals surface area contributed by atoms with Crippen LogP contribution in [0, 0.1) is 0 Å². The predicted octanol–water partition coefficient (Wildman–Crippen LogP) is 3.03. The van der Waals surface area contributed by atoms with E-state index < -0.39 is 0 Å². The van der Waals surface area contributed by atoms with Gasteiger partial charge < -0.3 is 9.64 Å². The lowest BCUT2D eigenvalue weighted by Crippen LogP contribution is -2.42. The summed E-state index contributed by atoms with van der Waals surface area (Å²) in [6.07, 6.45) is 7.25. The Morgan fingerprint density at radius 3 is 2.71 bits per heavy atom. The molecule has 1 amide bonds. The molecule has 0 spiro atoms. The molecule has 6 heteroatoms. The number of piperidine rings is 1. The lowest BCUT2D eigenvalue weighted by atomic mass is 10.1. The quantitative estimate of drug-likeness (QED) is 0.755. The minimum absolute atomic E-state index is 0.115. The van der Waals surface area contributed by atoms with E-state index in [1.807, 2.05) is 23.1 Å². The summed E-state index contributed by atoms with van der Waals surface area (Å²) in [5.41, 5.74) is 0. The minimum Gasteiger partial charge on any atom is -0.473 e. The second kappa shape index (κ2) is 8.68. The van der Waals surface area contributed by atoms with E-state index in [0.717, 1.165) is 31.7 Å². The number of ether oxygens (including phenoxy) is 1. The van der Waals surface area contributed by atoms with Crippen LogP contribution >= 0.6 is 11.8 Å². The molecule has 0 radical (unpaired) electrons. The Kier molecular flexibility index (Phi) is 6.07. The van der Waals surface area contributed by atoms with Gasteiger partial charge in [-0.15, -0.1) is 11.8 Å². The van der Waals surface area contributed by atoms with Gasteiger partial charge in [0.05, 0.1) is 6.20 Å². The highest BCUT2D eigenvalue weighted by atomic mass is 32.2. The number of benzene rings is 1. The number of hydrogen-bond donors (Lipinski definition) is 0. The Morgan fingerprint density at radius 1 is 1.21 bits per heavy atom. The standard InChI is InChI=1S/C18H21N3O2S/c22-18(8-13-24-16-4-2-1-3-5-16)21-11-6-15(7-12-21)23-17-14-19-9-10-20-17/h1-5,9-10,14-15H,6-8,11-13H2. The molecule has 2 heterocycles. The van der Waals surface area contributed by atoms with Crippen LogP contribution in [0.5, 0.6) is 5.88 Å². The summed E-state index contributed by atoms with van der Waals surface area (Å²) in [5, 5.41) is 0. The molecule has 1 aromatic heterocycles. The van der Waals surface area contributed by atoms with Gasteiger partial charge in [-0.1, -0.05) is 18.2 Å². The fourth-order valence-electron chi connectivity index (χ4n) is 2.67. The minimum atomic E-state index is 0.115. The van der Waals surface area contributed by atoms with Crippen LogP contribution in [0.3, 0.4) is 0 Å². The molecule has 0 saturated carbocycles. The topological polar surface area (TPSA) is 55.3 Å². The third-order valence-corrected chi connectivity index (χ3v) is 4.96. The van der Waals surface area contributed by atoms with Crippen molar-refractivity contribution in [3.05, 3.63) is 48.9 Å². The highest BCUT2D eigenvalue weighted by Crippen LogP contribution is 2.20. The number of aromatic nitrogens is 2. The molecular weight excluding hydrogens is 322 g/mol. The van der Waals surface area contributed by atoms with Crippen molar-refractivity contribution >= 4 is 17.7 Å². The maximum absolute atomic E-state index is 12.3. The van der Waals surface area contributed by atoms with Crippen molar-refractivity contribution < 1.29 is 9.53 Å². The van der Waals surface area contributed by atoms with E-state index in [9.17, 15) is 4.79 Å². The molecule has 0 bridgehead atoms. The first kappa shape index (κ1) is 16.8. The van der Waals surface area contributed by atoms with Crippen molar-refractivity contribution in [3.63, 3.8) is 0 Å². The molecule has 5 nitrogen and oxygen atoms in total. The van der Waals surface area contributed by atoms with Crippen LogP contribution in [0.15, 0.2) is 53.8 Å². The first-order chi connectivity index (χ1) is 11.8. The summed E-state index contributed by atoms with van der Waals surface area (Å²) < 4.78 is 5.81. The van der Waals surface area contributed by atoms with Crippen LogP contribution in [0.1, 0.15) is 19.3 Å². The van der Waals surface area contributed by atoms with Gasteiger partial charge in [-0.25, -0.2) is 4.98 Å². The average Bonchev–Trinajstić information content (AvgIpc) is 2.64. The largest absolute Gasteiger partial charge is 0.473 e. The lowest BCUT2D eigenvalue weighted by molar-refractivity contribution is -0.132. The first-order valence-corrected chi connectivity index (χ1v) is 9.18. The molecule has 0 unspecified atom stereocenters.